The van der Waals surface area contributed by atoms with Crippen molar-refractivity contribution in [3.8, 4) is 0 Å². The number of hydrogen-bond donors (Lipinski definition) is 0. The molecule has 2 heteroatoms. The van der Waals surface area contributed by atoms with Gasteiger partial charge in [0.1, 0.15) is 0 Å². The first-order valence-corrected chi connectivity index (χ1v) is 1.58. The molecule has 0 N–H and O–H groups in total. The first-order chi connectivity index (χ1) is 2.00. The maximum Gasteiger partial charge on any atom is 0.0488 e. The van der Waals surface area contributed by atoms with Crippen molar-refractivity contribution < 1.29 is 4.74 Å². The molecule has 1 aliphatic heterocycles. The molecular formula is C3H6OSi. The highest BCUT2D eigenvalue weighted by Gasteiger charge is 1.94. The van der Waals surface area contributed by atoms with Crippen LogP contribution < -0.4 is 0 Å². The van der Waals surface area contributed by atoms with Crippen LogP contribution in [0.3, 0.4) is 0 Å². The first kappa shape index (κ1) is 5.18. The van der Waals surface area contributed by atoms with Gasteiger partial charge in [-0.1, -0.05) is 0 Å². The molecule has 0 aromatic carbocycles. The maximum absolute atomic E-state index is 4.72. The number of rotatable bonds is 0. The zero-order chi connectivity index (χ0) is 2.83. The summed E-state index contributed by atoms with van der Waals surface area (Å²) in [7, 11) is 0. The topological polar surface area (TPSA) is 9.23 Å². The summed E-state index contributed by atoms with van der Waals surface area (Å²) in [5, 5.41) is 0. The van der Waals surface area contributed by atoms with Crippen molar-refractivity contribution in [3.63, 3.8) is 0 Å². The van der Waals surface area contributed by atoms with Crippen LogP contribution in [0, 0.1) is 0 Å². The van der Waals surface area contributed by atoms with E-state index in [4.69, 9.17) is 4.74 Å². The highest BCUT2D eigenvalue weighted by atomic mass is 28.1. The van der Waals surface area contributed by atoms with E-state index < -0.39 is 0 Å². The molecule has 0 unspecified atom stereocenters. The van der Waals surface area contributed by atoms with Gasteiger partial charge in [0.15, 0.2) is 0 Å². The van der Waals surface area contributed by atoms with Gasteiger partial charge >= 0.3 is 0 Å². The van der Waals surface area contributed by atoms with E-state index in [9.17, 15) is 0 Å². The molecule has 1 rings (SSSR count). The quantitative estimate of drug-likeness (QED) is 0.378. The minimum Gasteiger partial charge on any atom is -0.381 e. The Labute approximate surface area is 36.4 Å². The Morgan fingerprint density at radius 3 is 1.40 bits per heavy atom. The van der Waals surface area contributed by atoms with Crippen molar-refractivity contribution in [3.05, 3.63) is 0 Å². The molecule has 0 aromatic heterocycles. The minimum absolute atomic E-state index is 0. The Kier molecular flexibility index (Phi) is 2.50. The van der Waals surface area contributed by atoms with Crippen molar-refractivity contribution in [1.82, 2.24) is 0 Å². The van der Waals surface area contributed by atoms with Crippen LogP contribution in [0.15, 0.2) is 0 Å². The predicted octanol–water partition coefficient (Wildman–Crippen LogP) is 0.0259. The zero-order valence-electron chi connectivity index (χ0n) is 3.03. The van der Waals surface area contributed by atoms with Crippen LogP contribution in [0.4, 0.5) is 0 Å². The molecular weight excluding hydrogens is 80.1 g/mol. The summed E-state index contributed by atoms with van der Waals surface area (Å²) in [5.41, 5.74) is 0. The molecule has 0 bridgehead atoms. The van der Waals surface area contributed by atoms with Crippen molar-refractivity contribution >= 4 is 11.0 Å². The van der Waals surface area contributed by atoms with Crippen molar-refractivity contribution in [2.24, 2.45) is 0 Å². The van der Waals surface area contributed by atoms with Gasteiger partial charge in [0, 0.05) is 24.2 Å². The minimum atomic E-state index is 0. The highest BCUT2D eigenvalue weighted by Crippen LogP contribution is 1.92. The van der Waals surface area contributed by atoms with E-state index in [1.165, 1.54) is 6.42 Å². The van der Waals surface area contributed by atoms with E-state index in [1.807, 2.05) is 0 Å². The lowest BCUT2D eigenvalue weighted by Gasteiger charge is -2.09. The summed E-state index contributed by atoms with van der Waals surface area (Å²) in [6.07, 6.45) is 1.28. The lowest BCUT2D eigenvalue weighted by Crippen LogP contribution is -2.09. The molecule has 1 heterocycles. The molecule has 1 fully saturated rings. The molecule has 5 heavy (non-hydrogen) atoms. The first-order valence-electron chi connectivity index (χ1n) is 1.58. The van der Waals surface area contributed by atoms with Crippen molar-refractivity contribution in [2.45, 2.75) is 6.42 Å². The summed E-state index contributed by atoms with van der Waals surface area (Å²) >= 11 is 0. The molecule has 0 amide bonds. The largest absolute Gasteiger partial charge is 0.381 e. The molecule has 0 aromatic rings. The van der Waals surface area contributed by atoms with Gasteiger partial charge in [-0.2, -0.15) is 0 Å². The molecule has 1 nitrogen and oxygen atoms in total. The molecule has 1 aliphatic rings. The average molecular weight is 86.2 g/mol. The molecule has 28 valence electrons. The fourth-order valence-corrected chi connectivity index (χ4v) is 0.144. The molecule has 0 spiro atoms. The highest BCUT2D eigenvalue weighted by molar-refractivity contribution is 5.75. The molecule has 1 saturated heterocycles. The second-order valence-electron chi connectivity index (χ2n) is 0.966. The van der Waals surface area contributed by atoms with Gasteiger partial charge in [-0.05, 0) is 6.42 Å². The fourth-order valence-electron chi connectivity index (χ4n) is 0.144. The number of hydrogen-bond acceptors (Lipinski definition) is 1. The van der Waals surface area contributed by atoms with E-state index in [-0.39, 0.29) is 11.0 Å². The SMILES string of the molecule is C1COC1.[Si]. The molecule has 0 atom stereocenters. The van der Waals surface area contributed by atoms with Gasteiger partial charge in [0.25, 0.3) is 0 Å². The van der Waals surface area contributed by atoms with Crippen LogP contribution >= 0.6 is 0 Å². The third-order valence-corrected chi connectivity index (χ3v) is 0.577. The van der Waals surface area contributed by atoms with Gasteiger partial charge in [0.05, 0.1) is 0 Å². The van der Waals surface area contributed by atoms with Crippen LogP contribution in [0.25, 0.3) is 0 Å². The number of ether oxygens (including phenoxy) is 1. The van der Waals surface area contributed by atoms with E-state index in [1.54, 1.807) is 0 Å². The van der Waals surface area contributed by atoms with Gasteiger partial charge < -0.3 is 4.74 Å². The fraction of sp³-hybridized carbons (Fsp3) is 1.00. The van der Waals surface area contributed by atoms with Gasteiger partial charge in [-0.3, -0.25) is 0 Å². The third-order valence-electron chi connectivity index (χ3n) is 0.577. The normalized spacial score (nSPS) is 19.2. The Hall–Kier alpha value is 0.177. The summed E-state index contributed by atoms with van der Waals surface area (Å²) < 4.78 is 4.72. The summed E-state index contributed by atoms with van der Waals surface area (Å²) in [6, 6.07) is 0. The van der Waals surface area contributed by atoms with Crippen LogP contribution in [-0.2, 0) is 4.74 Å². The van der Waals surface area contributed by atoms with Crippen LogP contribution in [-0.4, -0.2) is 24.2 Å². The van der Waals surface area contributed by atoms with Gasteiger partial charge in [0.2, 0.25) is 0 Å². The summed E-state index contributed by atoms with van der Waals surface area (Å²) in [6.45, 7) is 2.00. The maximum atomic E-state index is 4.72. The summed E-state index contributed by atoms with van der Waals surface area (Å²) in [4.78, 5) is 0. The third kappa shape index (κ3) is 1.13. The lowest BCUT2D eigenvalue weighted by atomic mass is 10.4. The Morgan fingerprint density at radius 2 is 1.40 bits per heavy atom. The van der Waals surface area contributed by atoms with E-state index in [2.05, 4.69) is 0 Å². The van der Waals surface area contributed by atoms with E-state index in [0.29, 0.717) is 0 Å². The van der Waals surface area contributed by atoms with Gasteiger partial charge in [-0.15, -0.1) is 0 Å². The van der Waals surface area contributed by atoms with Crippen LogP contribution in [0.2, 0.25) is 0 Å². The van der Waals surface area contributed by atoms with Crippen molar-refractivity contribution in [2.75, 3.05) is 13.2 Å². The Bertz CT molecular complexity index is 14.9. The molecule has 0 aliphatic carbocycles. The monoisotopic (exact) mass is 86.0 g/mol. The van der Waals surface area contributed by atoms with Crippen LogP contribution in [0.1, 0.15) is 6.42 Å². The second kappa shape index (κ2) is 2.42. The van der Waals surface area contributed by atoms with Crippen LogP contribution in [0.5, 0.6) is 0 Å². The van der Waals surface area contributed by atoms with E-state index in [0.717, 1.165) is 13.2 Å². The Balaban J connectivity index is 0.000000160. The van der Waals surface area contributed by atoms with Crippen molar-refractivity contribution in [1.29, 1.82) is 0 Å². The molecule has 4 radical (unpaired) electrons. The Morgan fingerprint density at radius 1 is 1.20 bits per heavy atom. The lowest BCUT2D eigenvalue weighted by molar-refractivity contribution is 0.0367. The summed E-state index contributed by atoms with van der Waals surface area (Å²) in [5.74, 6) is 0. The molecule has 0 saturated carbocycles. The van der Waals surface area contributed by atoms with Gasteiger partial charge in [-0.25, -0.2) is 0 Å². The zero-order valence-corrected chi connectivity index (χ0v) is 4.03. The average Bonchev–Trinajstić information content (AvgIpc) is 0.722. The second-order valence-corrected chi connectivity index (χ2v) is 0.966. The standard InChI is InChI=1S/C3H6O.Si/c1-2-4-3-1;/h1-3H2;. The smallest absolute Gasteiger partial charge is 0.0488 e. The predicted molar refractivity (Wildman–Crippen MR) is 21.2 cm³/mol. The van der Waals surface area contributed by atoms with E-state index >= 15 is 0 Å².